The number of carboxylic acid groups (broad SMARTS) is 1. The first-order valence-corrected chi connectivity index (χ1v) is 5.44. The molecular formula is C12H16N2O3. The zero-order chi connectivity index (χ0) is 12.8. The van der Waals surface area contributed by atoms with E-state index in [0.717, 1.165) is 4.90 Å². The highest BCUT2D eigenvalue weighted by Gasteiger charge is 2.28. The van der Waals surface area contributed by atoms with Gasteiger partial charge in [-0.15, -0.1) is 0 Å². The second kappa shape index (κ2) is 5.89. The molecule has 0 aromatic heterocycles. The van der Waals surface area contributed by atoms with Gasteiger partial charge in [0.1, 0.15) is 6.04 Å². The molecule has 0 aliphatic rings. The van der Waals surface area contributed by atoms with Crippen molar-refractivity contribution in [1.29, 1.82) is 0 Å². The van der Waals surface area contributed by atoms with E-state index < -0.39 is 18.0 Å². The fourth-order valence-corrected chi connectivity index (χ4v) is 1.69. The predicted octanol–water partition coefficient (Wildman–Crippen LogP) is 1.83. The van der Waals surface area contributed by atoms with E-state index in [0.29, 0.717) is 18.5 Å². The number of carboxylic acids is 1. The van der Waals surface area contributed by atoms with Gasteiger partial charge in [0, 0.05) is 5.69 Å². The molecule has 0 spiro atoms. The van der Waals surface area contributed by atoms with Crippen LogP contribution in [0.1, 0.15) is 19.8 Å². The van der Waals surface area contributed by atoms with Crippen LogP contribution in [-0.4, -0.2) is 23.1 Å². The smallest absolute Gasteiger partial charge is 0.326 e. The monoisotopic (exact) mass is 236 g/mol. The minimum atomic E-state index is -1.05. The standard InChI is InChI=1S/C12H16N2O3/c1-2-6-10(11(15)16)14(12(13)17)9-7-4-3-5-8-9/h3-5,7-8,10H,2,6H2,1H3,(H2,13,17)(H,15,16). The van der Waals surface area contributed by atoms with E-state index in [-0.39, 0.29) is 0 Å². The normalized spacial score (nSPS) is 11.8. The number of nitrogens with two attached hydrogens (primary N) is 1. The summed E-state index contributed by atoms with van der Waals surface area (Å²) >= 11 is 0. The fraction of sp³-hybridized carbons (Fsp3) is 0.333. The quantitative estimate of drug-likeness (QED) is 0.817. The van der Waals surface area contributed by atoms with Gasteiger partial charge in [-0.1, -0.05) is 31.5 Å². The van der Waals surface area contributed by atoms with Crippen LogP contribution in [0.4, 0.5) is 10.5 Å². The van der Waals surface area contributed by atoms with Gasteiger partial charge in [0.25, 0.3) is 0 Å². The van der Waals surface area contributed by atoms with Gasteiger partial charge in [0.05, 0.1) is 0 Å². The molecule has 3 N–H and O–H groups in total. The number of carbonyl (C=O) groups is 2. The van der Waals surface area contributed by atoms with Gasteiger partial charge >= 0.3 is 12.0 Å². The molecule has 0 fully saturated rings. The molecule has 0 saturated heterocycles. The minimum Gasteiger partial charge on any atom is -0.480 e. The fourth-order valence-electron chi connectivity index (χ4n) is 1.69. The Morgan fingerprint density at radius 1 is 1.35 bits per heavy atom. The number of nitrogens with zero attached hydrogens (tertiary/aromatic N) is 1. The number of para-hydroxylation sites is 1. The molecule has 0 saturated carbocycles. The minimum absolute atomic E-state index is 0.368. The number of carbonyl (C=O) groups excluding carboxylic acids is 1. The summed E-state index contributed by atoms with van der Waals surface area (Å²) in [7, 11) is 0. The first-order valence-electron chi connectivity index (χ1n) is 5.44. The molecule has 2 amide bonds. The molecule has 0 aliphatic heterocycles. The van der Waals surface area contributed by atoms with Crippen molar-refractivity contribution in [3.8, 4) is 0 Å². The molecular weight excluding hydrogens is 220 g/mol. The number of primary amides is 1. The molecule has 0 bridgehead atoms. The summed E-state index contributed by atoms with van der Waals surface area (Å²) in [6.45, 7) is 1.86. The topological polar surface area (TPSA) is 83.6 Å². The van der Waals surface area contributed by atoms with Gasteiger partial charge in [-0.05, 0) is 18.6 Å². The van der Waals surface area contributed by atoms with Crippen molar-refractivity contribution < 1.29 is 14.7 Å². The lowest BCUT2D eigenvalue weighted by Gasteiger charge is -2.27. The number of amides is 2. The molecule has 5 nitrogen and oxygen atoms in total. The maximum Gasteiger partial charge on any atom is 0.326 e. The van der Waals surface area contributed by atoms with E-state index >= 15 is 0 Å². The lowest BCUT2D eigenvalue weighted by molar-refractivity contribution is -0.138. The Kier molecular flexibility index (Phi) is 4.51. The highest BCUT2D eigenvalue weighted by Crippen LogP contribution is 2.19. The van der Waals surface area contributed by atoms with Crippen LogP contribution < -0.4 is 10.6 Å². The Labute approximate surface area is 99.8 Å². The molecule has 1 aromatic rings. The first-order chi connectivity index (χ1) is 8.07. The van der Waals surface area contributed by atoms with Crippen molar-refractivity contribution in [1.82, 2.24) is 0 Å². The number of hydrogen-bond donors (Lipinski definition) is 2. The third kappa shape index (κ3) is 3.21. The van der Waals surface area contributed by atoms with Gasteiger partial charge in [-0.25, -0.2) is 9.59 Å². The van der Waals surface area contributed by atoms with E-state index in [4.69, 9.17) is 10.8 Å². The van der Waals surface area contributed by atoms with Gasteiger partial charge in [0.2, 0.25) is 0 Å². The molecule has 1 unspecified atom stereocenters. The number of rotatable bonds is 5. The van der Waals surface area contributed by atoms with Crippen LogP contribution in [0.5, 0.6) is 0 Å². The summed E-state index contributed by atoms with van der Waals surface area (Å²) in [5.74, 6) is -1.05. The van der Waals surface area contributed by atoms with Crippen molar-refractivity contribution in [2.45, 2.75) is 25.8 Å². The molecule has 17 heavy (non-hydrogen) atoms. The van der Waals surface area contributed by atoms with Crippen molar-refractivity contribution >= 4 is 17.7 Å². The highest BCUT2D eigenvalue weighted by molar-refractivity contribution is 5.97. The third-order valence-electron chi connectivity index (χ3n) is 2.43. The molecule has 0 radical (unpaired) electrons. The molecule has 1 atom stereocenters. The summed E-state index contributed by atoms with van der Waals surface area (Å²) in [6.07, 6.45) is 1.03. The number of anilines is 1. The van der Waals surface area contributed by atoms with E-state index in [2.05, 4.69) is 0 Å². The van der Waals surface area contributed by atoms with Crippen molar-refractivity contribution in [3.05, 3.63) is 30.3 Å². The van der Waals surface area contributed by atoms with Crippen LogP contribution in [0.15, 0.2) is 30.3 Å². The van der Waals surface area contributed by atoms with Gasteiger partial charge in [0.15, 0.2) is 0 Å². The van der Waals surface area contributed by atoms with Crippen LogP contribution in [0.25, 0.3) is 0 Å². The van der Waals surface area contributed by atoms with Crippen molar-refractivity contribution in [2.75, 3.05) is 4.90 Å². The van der Waals surface area contributed by atoms with Crippen LogP contribution in [0, 0.1) is 0 Å². The number of benzene rings is 1. The first kappa shape index (κ1) is 13.0. The van der Waals surface area contributed by atoms with E-state index in [1.807, 2.05) is 6.92 Å². The third-order valence-corrected chi connectivity index (χ3v) is 2.43. The van der Waals surface area contributed by atoms with Crippen LogP contribution >= 0.6 is 0 Å². The second-order valence-corrected chi connectivity index (χ2v) is 3.69. The summed E-state index contributed by atoms with van der Waals surface area (Å²) in [6, 6.07) is 6.91. The van der Waals surface area contributed by atoms with E-state index in [1.54, 1.807) is 30.3 Å². The molecule has 1 rings (SSSR count). The molecule has 1 aromatic carbocycles. The van der Waals surface area contributed by atoms with E-state index in [1.165, 1.54) is 0 Å². The van der Waals surface area contributed by atoms with Gasteiger partial charge in [-0.3, -0.25) is 4.90 Å². The zero-order valence-corrected chi connectivity index (χ0v) is 9.67. The Bertz CT molecular complexity index is 392. The lowest BCUT2D eigenvalue weighted by atomic mass is 10.1. The summed E-state index contributed by atoms with van der Waals surface area (Å²) < 4.78 is 0. The van der Waals surface area contributed by atoms with Gasteiger partial charge < -0.3 is 10.8 Å². The van der Waals surface area contributed by atoms with Crippen LogP contribution in [0.3, 0.4) is 0 Å². The summed E-state index contributed by atoms with van der Waals surface area (Å²) in [4.78, 5) is 23.7. The van der Waals surface area contributed by atoms with Crippen LogP contribution in [-0.2, 0) is 4.79 Å². The SMILES string of the molecule is CCCC(C(=O)O)N(C(N)=O)c1ccccc1. The maximum atomic E-state index is 11.4. The average Bonchev–Trinajstić information content (AvgIpc) is 2.29. The Morgan fingerprint density at radius 3 is 2.35 bits per heavy atom. The predicted molar refractivity (Wildman–Crippen MR) is 64.8 cm³/mol. The Morgan fingerprint density at radius 2 is 1.94 bits per heavy atom. The number of aliphatic carboxylic acids is 1. The molecule has 0 heterocycles. The Balaban J connectivity index is 3.07. The zero-order valence-electron chi connectivity index (χ0n) is 9.67. The summed E-state index contributed by atoms with van der Waals surface area (Å²) in [5.41, 5.74) is 5.76. The lowest BCUT2D eigenvalue weighted by Crippen LogP contribution is -2.48. The molecule has 92 valence electrons. The average molecular weight is 236 g/mol. The van der Waals surface area contributed by atoms with Gasteiger partial charge in [-0.2, -0.15) is 0 Å². The summed E-state index contributed by atoms with van der Waals surface area (Å²) in [5, 5.41) is 9.14. The van der Waals surface area contributed by atoms with Crippen LogP contribution in [0.2, 0.25) is 0 Å². The molecule has 5 heteroatoms. The molecule has 0 aliphatic carbocycles. The highest BCUT2D eigenvalue weighted by atomic mass is 16.4. The largest absolute Gasteiger partial charge is 0.480 e. The van der Waals surface area contributed by atoms with E-state index in [9.17, 15) is 9.59 Å². The number of hydrogen-bond acceptors (Lipinski definition) is 2. The number of urea groups is 1. The van der Waals surface area contributed by atoms with Crippen molar-refractivity contribution in [3.63, 3.8) is 0 Å². The maximum absolute atomic E-state index is 11.4. The Hall–Kier alpha value is -2.04. The van der Waals surface area contributed by atoms with Crippen molar-refractivity contribution in [2.24, 2.45) is 5.73 Å². The second-order valence-electron chi connectivity index (χ2n) is 3.69.